The predicted molar refractivity (Wildman–Crippen MR) is 76.4 cm³/mol. The van der Waals surface area contributed by atoms with Crippen molar-refractivity contribution in [3.05, 3.63) is 11.9 Å². The average molecular weight is 263 g/mol. The summed E-state index contributed by atoms with van der Waals surface area (Å²) in [5.41, 5.74) is 1.11. The second-order valence-electron chi connectivity index (χ2n) is 6.07. The number of hydrogen-bond acceptors (Lipinski definition) is 3. The fraction of sp³-hybridized carbons (Fsp3) is 0.800. The second kappa shape index (κ2) is 5.95. The molecule has 1 atom stereocenters. The van der Waals surface area contributed by atoms with Gasteiger partial charge >= 0.3 is 0 Å². The molecule has 2 heterocycles. The Morgan fingerprint density at radius 2 is 2.16 bits per heavy atom. The summed E-state index contributed by atoms with van der Waals surface area (Å²) in [4.78, 5) is 4.66. The zero-order valence-electron chi connectivity index (χ0n) is 11.9. The van der Waals surface area contributed by atoms with Gasteiger partial charge in [-0.05, 0) is 26.2 Å². The number of anilines is 1. The van der Waals surface area contributed by atoms with Gasteiger partial charge in [0.15, 0.2) is 0 Å². The van der Waals surface area contributed by atoms with Gasteiger partial charge in [0.25, 0.3) is 0 Å². The minimum absolute atomic E-state index is 0.620. The molecule has 106 valence electrons. The van der Waals surface area contributed by atoms with E-state index >= 15 is 0 Å². The van der Waals surface area contributed by atoms with Crippen LogP contribution in [0.1, 0.15) is 44.2 Å². The highest BCUT2D eigenvalue weighted by atomic mass is 16.5. The molecule has 1 saturated heterocycles. The zero-order valence-corrected chi connectivity index (χ0v) is 11.9. The maximum atomic E-state index is 5.47. The van der Waals surface area contributed by atoms with Crippen LogP contribution >= 0.6 is 0 Å². The lowest BCUT2D eigenvalue weighted by Gasteiger charge is -2.24. The van der Waals surface area contributed by atoms with Crippen LogP contribution < -0.4 is 5.32 Å². The third-order valence-corrected chi connectivity index (χ3v) is 4.31. The molecule has 2 fully saturated rings. The first-order valence-electron chi connectivity index (χ1n) is 7.69. The van der Waals surface area contributed by atoms with Crippen molar-refractivity contribution in [3.8, 4) is 0 Å². The zero-order chi connectivity index (χ0) is 13.1. The van der Waals surface area contributed by atoms with Gasteiger partial charge in [-0.25, -0.2) is 4.98 Å². The van der Waals surface area contributed by atoms with E-state index in [2.05, 4.69) is 28.0 Å². The fourth-order valence-electron chi connectivity index (χ4n) is 3.24. The number of nitrogens with one attached hydrogen (secondary N) is 1. The molecule has 1 aliphatic carbocycles. The Hall–Kier alpha value is -1.03. The van der Waals surface area contributed by atoms with Crippen molar-refractivity contribution >= 4 is 5.95 Å². The molecule has 0 aromatic carbocycles. The molecule has 4 heteroatoms. The van der Waals surface area contributed by atoms with Gasteiger partial charge in [-0.2, -0.15) is 0 Å². The highest BCUT2D eigenvalue weighted by molar-refractivity contribution is 5.30. The molecule has 4 nitrogen and oxygen atoms in total. The lowest BCUT2D eigenvalue weighted by Crippen LogP contribution is -2.25. The first-order valence-corrected chi connectivity index (χ1v) is 7.69. The summed E-state index contributed by atoms with van der Waals surface area (Å²) in [7, 11) is 0. The molecule has 1 N–H and O–H groups in total. The Labute approximate surface area is 115 Å². The van der Waals surface area contributed by atoms with Crippen LogP contribution in [-0.2, 0) is 11.3 Å². The van der Waals surface area contributed by atoms with Crippen molar-refractivity contribution in [1.29, 1.82) is 0 Å². The van der Waals surface area contributed by atoms with Gasteiger partial charge in [-0.3, -0.25) is 0 Å². The Bertz CT molecular complexity index is 404. The van der Waals surface area contributed by atoms with E-state index < -0.39 is 0 Å². The Kier molecular flexibility index (Phi) is 4.06. The van der Waals surface area contributed by atoms with E-state index in [1.165, 1.54) is 38.5 Å². The van der Waals surface area contributed by atoms with Crippen molar-refractivity contribution in [2.75, 3.05) is 18.5 Å². The highest BCUT2D eigenvalue weighted by Gasteiger charge is 2.20. The van der Waals surface area contributed by atoms with Gasteiger partial charge < -0.3 is 14.6 Å². The van der Waals surface area contributed by atoms with Crippen molar-refractivity contribution < 1.29 is 4.74 Å². The number of aryl methyl sites for hydroxylation is 1. The number of imidazole rings is 1. The monoisotopic (exact) mass is 263 g/mol. The van der Waals surface area contributed by atoms with E-state index in [0.29, 0.717) is 12.0 Å². The van der Waals surface area contributed by atoms with E-state index in [0.717, 1.165) is 31.4 Å². The SMILES string of the molecule is Cc1cn(CC2CCOC2)c(NC2CCCCC2)n1. The molecule has 3 rings (SSSR count). The summed E-state index contributed by atoms with van der Waals surface area (Å²) in [6.07, 6.45) is 10.0. The molecular formula is C15H25N3O. The average Bonchev–Trinajstić information content (AvgIpc) is 3.02. The van der Waals surface area contributed by atoms with Crippen LogP contribution in [0.5, 0.6) is 0 Å². The van der Waals surface area contributed by atoms with E-state index in [1.54, 1.807) is 0 Å². The quantitative estimate of drug-likeness (QED) is 0.907. The summed E-state index contributed by atoms with van der Waals surface area (Å²) >= 11 is 0. The first kappa shape index (κ1) is 13.0. The standard InChI is InChI=1S/C15H25N3O/c1-12-9-18(10-13-7-8-19-11-13)15(16-12)17-14-5-3-2-4-6-14/h9,13-14H,2-8,10-11H2,1H3,(H,16,17). The van der Waals surface area contributed by atoms with Crippen LogP contribution in [0.15, 0.2) is 6.20 Å². The Morgan fingerprint density at radius 1 is 1.32 bits per heavy atom. The third-order valence-electron chi connectivity index (χ3n) is 4.31. The van der Waals surface area contributed by atoms with Crippen LogP contribution in [0.2, 0.25) is 0 Å². The topological polar surface area (TPSA) is 39.1 Å². The van der Waals surface area contributed by atoms with Crippen molar-refractivity contribution in [2.45, 2.75) is 58.0 Å². The van der Waals surface area contributed by atoms with Crippen LogP contribution in [0.4, 0.5) is 5.95 Å². The summed E-state index contributed by atoms with van der Waals surface area (Å²) in [5.74, 6) is 1.72. The summed E-state index contributed by atoms with van der Waals surface area (Å²) < 4.78 is 7.77. The molecule has 0 amide bonds. The lowest BCUT2D eigenvalue weighted by atomic mass is 9.96. The molecule has 2 aliphatic rings. The first-order chi connectivity index (χ1) is 9.31. The lowest BCUT2D eigenvalue weighted by molar-refractivity contribution is 0.182. The van der Waals surface area contributed by atoms with Crippen molar-refractivity contribution in [1.82, 2.24) is 9.55 Å². The maximum absolute atomic E-state index is 5.47. The van der Waals surface area contributed by atoms with Gasteiger partial charge in [0.05, 0.1) is 12.3 Å². The van der Waals surface area contributed by atoms with Gasteiger partial charge in [-0.1, -0.05) is 19.3 Å². The van der Waals surface area contributed by atoms with Gasteiger partial charge in [0.2, 0.25) is 5.95 Å². The van der Waals surface area contributed by atoms with E-state index in [-0.39, 0.29) is 0 Å². The molecule has 1 aliphatic heterocycles. The molecule has 1 aromatic heterocycles. The summed E-state index contributed by atoms with van der Waals surface area (Å²) in [6, 6.07) is 0.620. The smallest absolute Gasteiger partial charge is 0.203 e. The summed E-state index contributed by atoms with van der Waals surface area (Å²) in [5, 5.41) is 3.66. The van der Waals surface area contributed by atoms with Crippen molar-refractivity contribution in [3.63, 3.8) is 0 Å². The molecular weight excluding hydrogens is 238 g/mol. The second-order valence-corrected chi connectivity index (χ2v) is 6.07. The third kappa shape index (κ3) is 3.30. The molecule has 1 unspecified atom stereocenters. The molecule has 0 spiro atoms. The Morgan fingerprint density at radius 3 is 2.89 bits per heavy atom. The number of ether oxygens (including phenoxy) is 1. The van der Waals surface area contributed by atoms with Crippen LogP contribution in [-0.4, -0.2) is 28.8 Å². The van der Waals surface area contributed by atoms with Crippen molar-refractivity contribution in [2.24, 2.45) is 5.92 Å². The molecule has 1 aromatic rings. The predicted octanol–water partition coefficient (Wildman–Crippen LogP) is 2.97. The molecule has 19 heavy (non-hydrogen) atoms. The minimum Gasteiger partial charge on any atom is -0.381 e. The van der Waals surface area contributed by atoms with E-state index in [1.807, 2.05) is 0 Å². The van der Waals surface area contributed by atoms with E-state index in [4.69, 9.17) is 4.74 Å². The number of nitrogens with zero attached hydrogens (tertiary/aromatic N) is 2. The van der Waals surface area contributed by atoms with Gasteiger partial charge in [-0.15, -0.1) is 0 Å². The van der Waals surface area contributed by atoms with Crippen LogP contribution in [0, 0.1) is 12.8 Å². The van der Waals surface area contributed by atoms with Crippen LogP contribution in [0.3, 0.4) is 0 Å². The minimum atomic E-state index is 0.620. The van der Waals surface area contributed by atoms with Gasteiger partial charge in [0, 0.05) is 31.3 Å². The molecule has 1 saturated carbocycles. The normalized spacial score (nSPS) is 24.8. The van der Waals surface area contributed by atoms with Gasteiger partial charge in [0.1, 0.15) is 0 Å². The maximum Gasteiger partial charge on any atom is 0.203 e. The van der Waals surface area contributed by atoms with E-state index in [9.17, 15) is 0 Å². The number of hydrogen-bond donors (Lipinski definition) is 1. The number of aromatic nitrogens is 2. The number of rotatable bonds is 4. The fourth-order valence-corrected chi connectivity index (χ4v) is 3.24. The molecule has 0 radical (unpaired) electrons. The largest absolute Gasteiger partial charge is 0.381 e. The summed E-state index contributed by atoms with van der Waals surface area (Å²) in [6.45, 7) is 4.94. The molecule has 0 bridgehead atoms. The van der Waals surface area contributed by atoms with Crippen LogP contribution in [0.25, 0.3) is 0 Å². The highest BCUT2D eigenvalue weighted by Crippen LogP contribution is 2.23. The Balaban J connectivity index is 1.65.